The molecule has 5 nitrogen and oxygen atoms in total. The number of hydrogen-bond acceptors (Lipinski definition) is 4. The van der Waals surface area contributed by atoms with Crippen LogP contribution in [0.5, 0.6) is 5.75 Å². The standard InChI is InChI=1S/C13H20N2O3S/c1-15-19(16,17)11-6-7-12(14)13(8-11)18-9-10-4-2-3-5-10/h6-8,10,15H,2-5,9,14H2,1H3. The van der Waals surface area contributed by atoms with Crippen molar-refractivity contribution in [1.29, 1.82) is 0 Å². The molecule has 1 fully saturated rings. The summed E-state index contributed by atoms with van der Waals surface area (Å²) in [5.74, 6) is 1.01. The van der Waals surface area contributed by atoms with Crippen LogP contribution in [0.1, 0.15) is 25.7 Å². The van der Waals surface area contributed by atoms with E-state index in [-0.39, 0.29) is 4.90 Å². The minimum absolute atomic E-state index is 0.172. The summed E-state index contributed by atoms with van der Waals surface area (Å²) in [7, 11) is -2.08. The number of hydrogen-bond donors (Lipinski definition) is 2. The molecule has 1 aromatic carbocycles. The van der Waals surface area contributed by atoms with Gasteiger partial charge in [0.05, 0.1) is 17.2 Å². The summed E-state index contributed by atoms with van der Waals surface area (Å²) in [6, 6.07) is 4.52. The maximum absolute atomic E-state index is 11.7. The third-order valence-corrected chi connectivity index (χ3v) is 4.93. The van der Waals surface area contributed by atoms with Crippen LogP contribution in [0.3, 0.4) is 0 Å². The summed E-state index contributed by atoms with van der Waals surface area (Å²) in [6.07, 6.45) is 4.85. The summed E-state index contributed by atoms with van der Waals surface area (Å²) >= 11 is 0. The van der Waals surface area contributed by atoms with Crippen LogP contribution in [0.25, 0.3) is 0 Å². The normalized spacial score (nSPS) is 16.7. The zero-order chi connectivity index (χ0) is 13.9. The molecule has 0 saturated heterocycles. The molecule has 1 aliphatic rings. The van der Waals surface area contributed by atoms with Gasteiger partial charge in [0, 0.05) is 6.07 Å². The molecule has 0 amide bonds. The van der Waals surface area contributed by atoms with E-state index in [0.29, 0.717) is 24.0 Å². The lowest BCUT2D eigenvalue weighted by Crippen LogP contribution is -2.19. The van der Waals surface area contributed by atoms with Crippen LogP contribution in [-0.2, 0) is 10.0 Å². The summed E-state index contributed by atoms with van der Waals surface area (Å²) in [5.41, 5.74) is 6.28. The van der Waals surface area contributed by atoms with E-state index in [9.17, 15) is 8.42 Å². The fraction of sp³-hybridized carbons (Fsp3) is 0.538. The van der Waals surface area contributed by atoms with Gasteiger partial charge >= 0.3 is 0 Å². The SMILES string of the molecule is CNS(=O)(=O)c1ccc(N)c(OCC2CCCC2)c1. The Morgan fingerprint density at radius 2 is 2.05 bits per heavy atom. The van der Waals surface area contributed by atoms with Crippen LogP contribution < -0.4 is 15.2 Å². The highest BCUT2D eigenvalue weighted by molar-refractivity contribution is 7.89. The van der Waals surface area contributed by atoms with Crippen molar-refractivity contribution in [2.45, 2.75) is 30.6 Å². The lowest BCUT2D eigenvalue weighted by Gasteiger charge is -2.14. The van der Waals surface area contributed by atoms with Crippen LogP contribution in [0.4, 0.5) is 5.69 Å². The molecule has 0 spiro atoms. The highest BCUT2D eigenvalue weighted by atomic mass is 32.2. The Morgan fingerprint density at radius 1 is 1.37 bits per heavy atom. The largest absolute Gasteiger partial charge is 0.491 e. The lowest BCUT2D eigenvalue weighted by molar-refractivity contribution is 0.253. The second-order valence-electron chi connectivity index (χ2n) is 4.87. The highest BCUT2D eigenvalue weighted by Crippen LogP contribution is 2.29. The molecule has 3 N–H and O–H groups in total. The van der Waals surface area contributed by atoms with E-state index < -0.39 is 10.0 Å². The second-order valence-corrected chi connectivity index (χ2v) is 6.76. The van der Waals surface area contributed by atoms with Crippen molar-refractivity contribution >= 4 is 15.7 Å². The first-order valence-corrected chi connectivity index (χ1v) is 7.97. The molecule has 0 heterocycles. The van der Waals surface area contributed by atoms with Crippen molar-refractivity contribution in [2.24, 2.45) is 5.92 Å². The molecule has 0 aliphatic heterocycles. The molecular formula is C13H20N2O3S. The monoisotopic (exact) mass is 284 g/mol. The van der Waals surface area contributed by atoms with Gasteiger partial charge in [0.25, 0.3) is 0 Å². The zero-order valence-electron chi connectivity index (χ0n) is 11.1. The lowest BCUT2D eigenvalue weighted by atomic mass is 10.1. The van der Waals surface area contributed by atoms with Gasteiger partial charge in [-0.15, -0.1) is 0 Å². The average molecular weight is 284 g/mol. The van der Waals surface area contributed by atoms with E-state index in [0.717, 1.165) is 0 Å². The average Bonchev–Trinajstić information content (AvgIpc) is 2.90. The van der Waals surface area contributed by atoms with E-state index in [1.165, 1.54) is 44.9 Å². The topological polar surface area (TPSA) is 81.4 Å². The van der Waals surface area contributed by atoms with Crippen LogP contribution in [0.2, 0.25) is 0 Å². The molecule has 19 heavy (non-hydrogen) atoms. The Morgan fingerprint density at radius 3 is 2.68 bits per heavy atom. The molecule has 0 bridgehead atoms. The first kappa shape index (κ1) is 14.1. The van der Waals surface area contributed by atoms with E-state index in [4.69, 9.17) is 10.5 Å². The fourth-order valence-electron chi connectivity index (χ4n) is 2.31. The summed E-state index contributed by atoms with van der Waals surface area (Å²) in [4.78, 5) is 0.172. The Kier molecular flexibility index (Phi) is 4.31. The summed E-state index contributed by atoms with van der Waals surface area (Å²) in [5, 5.41) is 0. The predicted octanol–water partition coefficient (Wildman–Crippen LogP) is 1.75. The first-order chi connectivity index (χ1) is 9.03. The fourth-order valence-corrected chi connectivity index (χ4v) is 3.05. The molecule has 106 valence electrons. The number of anilines is 1. The maximum Gasteiger partial charge on any atom is 0.240 e. The van der Waals surface area contributed by atoms with Crippen molar-refractivity contribution < 1.29 is 13.2 Å². The van der Waals surface area contributed by atoms with Crippen LogP contribution in [0.15, 0.2) is 23.1 Å². The van der Waals surface area contributed by atoms with Crippen molar-refractivity contribution in [2.75, 3.05) is 19.4 Å². The number of rotatable bonds is 5. The number of benzene rings is 1. The minimum atomic E-state index is -3.46. The molecule has 0 atom stereocenters. The highest BCUT2D eigenvalue weighted by Gasteiger charge is 2.17. The molecule has 1 saturated carbocycles. The number of ether oxygens (including phenoxy) is 1. The smallest absolute Gasteiger partial charge is 0.240 e. The molecule has 6 heteroatoms. The predicted molar refractivity (Wildman–Crippen MR) is 74.6 cm³/mol. The van der Waals surface area contributed by atoms with E-state index in [2.05, 4.69) is 4.72 Å². The molecule has 0 radical (unpaired) electrons. The van der Waals surface area contributed by atoms with Gasteiger partial charge in [0.2, 0.25) is 10.0 Å². The Hall–Kier alpha value is -1.27. The van der Waals surface area contributed by atoms with Gasteiger partial charge in [-0.3, -0.25) is 0 Å². The third kappa shape index (κ3) is 3.39. The molecule has 1 aromatic rings. The minimum Gasteiger partial charge on any atom is -0.491 e. The third-order valence-electron chi connectivity index (χ3n) is 3.51. The van der Waals surface area contributed by atoms with Gasteiger partial charge in [-0.1, -0.05) is 12.8 Å². The van der Waals surface area contributed by atoms with Gasteiger partial charge in [0.1, 0.15) is 5.75 Å². The summed E-state index contributed by atoms with van der Waals surface area (Å²) < 4.78 is 31.4. The van der Waals surface area contributed by atoms with Crippen molar-refractivity contribution in [1.82, 2.24) is 4.72 Å². The van der Waals surface area contributed by atoms with Crippen LogP contribution >= 0.6 is 0 Å². The van der Waals surface area contributed by atoms with Gasteiger partial charge in [-0.2, -0.15) is 0 Å². The molecule has 1 aliphatic carbocycles. The van der Waals surface area contributed by atoms with Gasteiger partial charge in [-0.05, 0) is 37.9 Å². The zero-order valence-corrected chi connectivity index (χ0v) is 11.9. The Labute approximate surface area is 114 Å². The van der Waals surface area contributed by atoms with Gasteiger partial charge in [-0.25, -0.2) is 13.1 Å². The van der Waals surface area contributed by atoms with Crippen LogP contribution in [-0.4, -0.2) is 22.1 Å². The number of sulfonamides is 1. The van der Waals surface area contributed by atoms with Crippen molar-refractivity contribution in [3.63, 3.8) is 0 Å². The summed E-state index contributed by atoms with van der Waals surface area (Å²) in [6.45, 7) is 0.604. The molecule has 2 rings (SSSR count). The first-order valence-electron chi connectivity index (χ1n) is 6.49. The van der Waals surface area contributed by atoms with Gasteiger partial charge < -0.3 is 10.5 Å². The molecule has 0 aromatic heterocycles. The number of nitrogens with one attached hydrogen (secondary N) is 1. The molecular weight excluding hydrogens is 264 g/mol. The van der Waals surface area contributed by atoms with Gasteiger partial charge in [0.15, 0.2) is 0 Å². The molecule has 0 unspecified atom stereocenters. The number of nitrogen functional groups attached to an aromatic ring is 1. The van der Waals surface area contributed by atoms with E-state index >= 15 is 0 Å². The number of nitrogens with two attached hydrogens (primary N) is 1. The Bertz CT molecular complexity index is 537. The van der Waals surface area contributed by atoms with E-state index in [1.54, 1.807) is 6.07 Å². The quantitative estimate of drug-likeness (QED) is 0.807. The van der Waals surface area contributed by atoms with E-state index in [1.807, 2.05) is 0 Å². The van der Waals surface area contributed by atoms with Crippen LogP contribution in [0, 0.1) is 5.92 Å². The maximum atomic E-state index is 11.7. The van der Waals surface area contributed by atoms with Crippen molar-refractivity contribution in [3.05, 3.63) is 18.2 Å². The van der Waals surface area contributed by atoms with Crippen molar-refractivity contribution in [3.8, 4) is 5.75 Å². The Balaban J connectivity index is 2.13. The second kappa shape index (κ2) is 5.79.